The largest absolute Gasteiger partial charge is 0.280 e. The summed E-state index contributed by atoms with van der Waals surface area (Å²) in [5.74, 6) is 0.0805. The normalized spacial score (nSPS) is 16.8. The van der Waals surface area contributed by atoms with Crippen molar-refractivity contribution in [2.24, 2.45) is 0 Å². The minimum atomic E-state index is 0.0805. The van der Waals surface area contributed by atoms with Gasteiger partial charge in [0.2, 0.25) is 6.21 Å². The van der Waals surface area contributed by atoms with E-state index >= 15 is 0 Å². The molecule has 4 rings (SSSR count). The minimum absolute atomic E-state index is 0.0805. The SMILES string of the molecule is O=C1CC/[N+](=C/c2cccc3cc4ccccc4cc23)N1. The molecule has 1 N–H and O–H groups in total. The average molecular weight is 275 g/mol. The summed E-state index contributed by atoms with van der Waals surface area (Å²) >= 11 is 0. The first-order valence-corrected chi connectivity index (χ1v) is 7.12. The van der Waals surface area contributed by atoms with Crippen molar-refractivity contribution < 1.29 is 9.48 Å². The van der Waals surface area contributed by atoms with Crippen molar-refractivity contribution in [1.82, 2.24) is 5.43 Å². The van der Waals surface area contributed by atoms with E-state index in [1.165, 1.54) is 21.5 Å². The van der Waals surface area contributed by atoms with Gasteiger partial charge in [-0.2, -0.15) is 0 Å². The van der Waals surface area contributed by atoms with Crippen molar-refractivity contribution in [3.63, 3.8) is 0 Å². The Kier molecular flexibility index (Phi) is 2.71. The number of hydrogen-bond acceptors (Lipinski definition) is 1. The second-order valence-electron chi connectivity index (χ2n) is 5.38. The van der Waals surface area contributed by atoms with Crippen LogP contribution in [0.15, 0.2) is 54.6 Å². The Morgan fingerprint density at radius 1 is 0.952 bits per heavy atom. The van der Waals surface area contributed by atoms with Crippen molar-refractivity contribution in [2.75, 3.05) is 6.54 Å². The Bertz CT molecular complexity index is 896. The predicted octanol–water partition coefficient (Wildman–Crippen LogP) is 2.86. The summed E-state index contributed by atoms with van der Waals surface area (Å²) in [6.07, 6.45) is 2.58. The average Bonchev–Trinajstić information content (AvgIpc) is 2.91. The number of hydrazone groups is 1. The molecule has 1 aliphatic rings. The Hall–Kier alpha value is -2.68. The third kappa shape index (κ3) is 2.17. The van der Waals surface area contributed by atoms with E-state index in [1.807, 2.05) is 10.9 Å². The maximum Gasteiger partial charge on any atom is 0.280 e. The molecule has 0 atom stereocenters. The lowest BCUT2D eigenvalue weighted by atomic mass is 10.0. The van der Waals surface area contributed by atoms with Gasteiger partial charge in [0.15, 0.2) is 6.54 Å². The lowest BCUT2D eigenvalue weighted by molar-refractivity contribution is -0.553. The number of rotatable bonds is 1. The molecule has 0 bridgehead atoms. The van der Waals surface area contributed by atoms with Crippen LogP contribution in [0, 0.1) is 0 Å². The van der Waals surface area contributed by atoms with Gasteiger partial charge in [-0.1, -0.05) is 36.4 Å². The first kappa shape index (κ1) is 12.1. The molecule has 1 amide bonds. The fourth-order valence-corrected chi connectivity index (χ4v) is 2.86. The third-order valence-electron chi connectivity index (χ3n) is 3.92. The number of hydrogen-bond donors (Lipinski definition) is 1. The van der Waals surface area contributed by atoms with Crippen LogP contribution in [0.1, 0.15) is 12.0 Å². The molecule has 0 radical (unpaired) electrons. The zero-order chi connectivity index (χ0) is 14.2. The van der Waals surface area contributed by atoms with Gasteiger partial charge in [-0.15, -0.1) is 10.1 Å². The molecule has 0 unspecified atom stereocenters. The summed E-state index contributed by atoms with van der Waals surface area (Å²) in [6, 6.07) is 19.1. The van der Waals surface area contributed by atoms with Gasteiger partial charge >= 0.3 is 0 Å². The zero-order valence-corrected chi connectivity index (χ0v) is 11.5. The van der Waals surface area contributed by atoms with E-state index in [2.05, 4.69) is 60.0 Å². The van der Waals surface area contributed by atoms with E-state index in [9.17, 15) is 4.79 Å². The summed E-state index contributed by atoms with van der Waals surface area (Å²) in [6.45, 7) is 0.725. The van der Waals surface area contributed by atoms with E-state index < -0.39 is 0 Å². The summed E-state index contributed by atoms with van der Waals surface area (Å²) in [5.41, 5.74) is 3.97. The maximum atomic E-state index is 11.3. The van der Waals surface area contributed by atoms with Crippen molar-refractivity contribution >= 4 is 33.7 Å². The Labute approximate surface area is 122 Å². The number of carbonyl (C=O) groups excluding carboxylic acids is 1. The summed E-state index contributed by atoms with van der Waals surface area (Å²) < 4.78 is 1.87. The van der Waals surface area contributed by atoms with E-state index in [0.717, 1.165) is 12.1 Å². The highest BCUT2D eigenvalue weighted by Gasteiger charge is 2.21. The van der Waals surface area contributed by atoms with Gasteiger partial charge in [-0.3, -0.25) is 4.79 Å². The molecular weight excluding hydrogens is 260 g/mol. The molecular formula is C18H15N2O+. The molecule has 1 fully saturated rings. The second kappa shape index (κ2) is 4.70. The molecule has 3 nitrogen and oxygen atoms in total. The third-order valence-corrected chi connectivity index (χ3v) is 3.92. The monoisotopic (exact) mass is 275 g/mol. The van der Waals surface area contributed by atoms with Gasteiger partial charge in [-0.05, 0) is 39.7 Å². The maximum absolute atomic E-state index is 11.3. The first-order valence-electron chi connectivity index (χ1n) is 7.12. The molecule has 102 valence electrons. The van der Waals surface area contributed by atoms with Gasteiger partial charge in [0, 0.05) is 5.56 Å². The van der Waals surface area contributed by atoms with E-state index in [0.29, 0.717) is 6.42 Å². The van der Waals surface area contributed by atoms with Crippen molar-refractivity contribution in [3.8, 4) is 0 Å². The minimum Gasteiger partial charge on any atom is -0.269 e. The van der Waals surface area contributed by atoms with Gasteiger partial charge in [0.25, 0.3) is 5.91 Å². The number of fused-ring (bicyclic) bond motifs is 2. The first-order chi connectivity index (χ1) is 10.3. The van der Waals surface area contributed by atoms with Crippen LogP contribution in [-0.2, 0) is 4.79 Å². The summed E-state index contributed by atoms with van der Waals surface area (Å²) in [5, 5.41) is 4.90. The van der Waals surface area contributed by atoms with Gasteiger partial charge in [0.1, 0.15) is 0 Å². The lowest BCUT2D eigenvalue weighted by Gasteiger charge is -2.04. The summed E-state index contributed by atoms with van der Waals surface area (Å²) in [7, 11) is 0. The van der Waals surface area contributed by atoms with Crippen LogP contribution < -0.4 is 5.43 Å². The van der Waals surface area contributed by atoms with Crippen LogP contribution in [0.2, 0.25) is 0 Å². The molecule has 0 aromatic heterocycles. The fourth-order valence-electron chi connectivity index (χ4n) is 2.86. The molecule has 3 aromatic rings. The smallest absolute Gasteiger partial charge is 0.269 e. The molecule has 0 aliphatic carbocycles. The molecule has 1 heterocycles. The van der Waals surface area contributed by atoms with Crippen LogP contribution in [-0.4, -0.2) is 23.4 Å². The zero-order valence-electron chi connectivity index (χ0n) is 11.5. The van der Waals surface area contributed by atoms with Crippen molar-refractivity contribution in [2.45, 2.75) is 6.42 Å². The number of amides is 1. The lowest BCUT2D eigenvalue weighted by Crippen LogP contribution is -2.25. The highest BCUT2D eigenvalue weighted by molar-refractivity contribution is 6.05. The van der Waals surface area contributed by atoms with Crippen LogP contribution in [0.3, 0.4) is 0 Å². The van der Waals surface area contributed by atoms with Gasteiger partial charge in [0.05, 0.1) is 6.42 Å². The topological polar surface area (TPSA) is 32.1 Å². The quantitative estimate of drug-likeness (QED) is 0.537. The van der Waals surface area contributed by atoms with Crippen LogP contribution in [0.25, 0.3) is 21.5 Å². The predicted molar refractivity (Wildman–Crippen MR) is 84.5 cm³/mol. The van der Waals surface area contributed by atoms with Crippen molar-refractivity contribution in [3.05, 3.63) is 60.2 Å². The van der Waals surface area contributed by atoms with Crippen LogP contribution >= 0.6 is 0 Å². The van der Waals surface area contributed by atoms with Crippen molar-refractivity contribution in [1.29, 1.82) is 0 Å². The molecule has 3 heteroatoms. The number of benzene rings is 3. The molecule has 1 saturated heterocycles. The number of nitrogens with one attached hydrogen (secondary N) is 1. The van der Waals surface area contributed by atoms with E-state index in [-0.39, 0.29) is 5.91 Å². The van der Waals surface area contributed by atoms with E-state index in [4.69, 9.17) is 0 Å². The van der Waals surface area contributed by atoms with Gasteiger partial charge < -0.3 is 0 Å². The van der Waals surface area contributed by atoms with Crippen LogP contribution in [0.4, 0.5) is 0 Å². The summed E-state index contributed by atoms with van der Waals surface area (Å²) in [4.78, 5) is 11.3. The standard InChI is InChI=1S/C18H14N2O/c21-18-8-9-20(19-18)12-16-7-3-6-15-10-13-4-1-2-5-14(13)11-17(15)16/h1-7,10-12H,8-9H2/p+1/b20-12-. The molecule has 0 saturated carbocycles. The number of nitrogens with zero attached hydrogens (tertiary/aromatic N) is 1. The van der Waals surface area contributed by atoms with Crippen LogP contribution in [0.5, 0.6) is 0 Å². The number of carbonyl (C=O) groups is 1. The molecule has 0 spiro atoms. The van der Waals surface area contributed by atoms with Gasteiger partial charge in [-0.25, -0.2) is 0 Å². The molecule has 1 aliphatic heterocycles. The second-order valence-corrected chi connectivity index (χ2v) is 5.38. The fraction of sp³-hybridized carbons (Fsp3) is 0.111. The molecule has 3 aromatic carbocycles. The number of hydrazine groups is 1. The molecule has 21 heavy (non-hydrogen) atoms. The highest BCUT2D eigenvalue weighted by Crippen LogP contribution is 2.24. The Morgan fingerprint density at radius 3 is 2.48 bits per heavy atom. The Balaban J connectivity index is 1.92. The highest BCUT2D eigenvalue weighted by atomic mass is 16.2. The Morgan fingerprint density at radius 2 is 1.71 bits per heavy atom. The van der Waals surface area contributed by atoms with E-state index in [1.54, 1.807) is 0 Å².